The molecule has 0 radical (unpaired) electrons. The third kappa shape index (κ3) is 3.23. The van der Waals surface area contributed by atoms with Crippen LogP contribution in [0, 0.1) is 13.8 Å². The van der Waals surface area contributed by atoms with Crippen LogP contribution in [0.15, 0.2) is 16.5 Å². The normalized spacial score (nSPS) is 11.7. The number of nitrogens with zero attached hydrogens (tertiary/aromatic N) is 1. The van der Waals surface area contributed by atoms with E-state index in [0.717, 1.165) is 21.2 Å². The molecule has 0 spiro atoms. The standard InChI is InChI=1S/C11H12N2O4S3/c1-6-3-9(19-10(6)11(14)15)20(16,17)13-5-8-4-12-7(2)18-8/h3-4,13H,5H2,1-2H3,(H,14,15). The van der Waals surface area contributed by atoms with Crippen molar-refractivity contribution < 1.29 is 18.3 Å². The molecule has 0 aliphatic carbocycles. The molecule has 0 aliphatic heterocycles. The summed E-state index contributed by atoms with van der Waals surface area (Å²) in [7, 11) is -3.70. The van der Waals surface area contributed by atoms with Crippen molar-refractivity contribution in [1.29, 1.82) is 0 Å². The molecule has 2 N–H and O–H groups in total. The summed E-state index contributed by atoms with van der Waals surface area (Å²) in [5.41, 5.74) is 0.441. The number of carbonyl (C=O) groups is 1. The number of carboxylic acids is 1. The number of thiophene rings is 1. The summed E-state index contributed by atoms with van der Waals surface area (Å²) >= 11 is 2.16. The fourth-order valence-corrected chi connectivity index (χ4v) is 4.78. The molecule has 108 valence electrons. The van der Waals surface area contributed by atoms with E-state index < -0.39 is 16.0 Å². The topological polar surface area (TPSA) is 96.4 Å². The second-order valence-corrected chi connectivity index (χ2v) is 8.42. The molecule has 2 aromatic rings. The highest BCUT2D eigenvalue weighted by Crippen LogP contribution is 2.26. The van der Waals surface area contributed by atoms with E-state index >= 15 is 0 Å². The summed E-state index contributed by atoms with van der Waals surface area (Å²) in [4.78, 5) is 15.8. The van der Waals surface area contributed by atoms with E-state index in [9.17, 15) is 13.2 Å². The maximum atomic E-state index is 12.1. The first-order valence-corrected chi connectivity index (χ1v) is 8.66. The molecule has 20 heavy (non-hydrogen) atoms. The molecule has 0 atom stereocenters. The van der Waals surface area contributed by atoms with Crippen LogP contribution in [0.3, 0.4) is 0 Å². The number of aryl methyl sites for hydroxylation is 2. The number of nitrogens with one attached hydrogen (secondary N) is 1. The van der Waals surface area contributed by atoms with Gasteiger partial charge in [0.05, 0.1) is 5.01 Å². The molecule has 0 saturated carbocycles. The number of sulfonamides is 1. The van der Waals surface area contributed by atoms with Crippen LogP contribution in [0.2, 0.25) is 0 Å². The predicted octanol–water partition coefficient (Wildman–Crippen LogP) is 2.00. The molecule has 0 amide bonds. The van der Waals surface area contributed by atoms with Gasteiger partial charge in [-0.2, -0.15) is 0 Å². The molecule has 2 heterocycles. The number of aromatic nitrogens is 1. The van der Waals surface area contributed by atoms with Gasteiger partial charge >= 0.3 is 5.97 Å². The van der Waals surface area contributed by atoms with E-state index in [-0.39, 0.29) is 15.6 Å². The molecular formula is C11H12N2O4S3. The van der Waals surface area contributed by atoms with Crippen molar-refractivity contribution in [2.75, 3.05) is 0 Å². The van der Waals surface area contributed by atoms with E-state index in [1.54, 1.807) is 13.1 Å². The van der Waals surface area contributed by atoms with Crippen molar-refractivity contribution in [3.05, 3.63) is 32.6 Å². The number of rotatable bonds is 5. The molecular weight excluding hydrogens is 320 g/mol. The van der Waals surface area contributed by atoms with E-state index in [4.69, 9.17) is 5.11 Å². The Labute approximate surface area is 124 Å². The molecule has 2 rings (SSSR count). The van der Waals surface area contributed by atoms with Crippen LogP contribution < -0.4 is 4.72 Å². The third-order valence-electron chi connectivity index (χ3n) is 2.46. The molecule has 0 unspecified atom stereocenters. The van der Waals surface area contributed by atoms with Gasteiger partial charge in [-0.05, 0) is 25.5 Å². The first-order valence-electron chi connectivity index (χ1n) is 5.54. The van der Waals surface area contributed by atoms with Gasteiger partial charge in [0, 0.05) is 17.6 Å². The SMILES string of the molecule is Cc1ncc(CNS(=O)(=O)c2cc(C)c(C(=O)O)s2)s1. The van der Waals surface area contributed by atoms with Crippen LogP contribution in [0.5, 0.6) is 0 Å². The van der Waals surface area contributed by atoms with Gasteiger partial charge in [0.1, 0.15) is 9.09 Å². The number of aromatic carboxylic acids is 1. The third-order valence-corrected chi connectivity index (χ3v) is 6.47. The average molecular weight is 332 g/mol. The summed E-state index contributed by atoms with van der Waals surface area (Å²) in [6.07, 6.45) is 1.62. The lowest BCUT2D eigenvalue weighted by molar-refractivity contribution is 0.0701. The molecule has 9 heteroatoms. The van der Waals surface area contributed by atoms with Gasteiger partial charge in [-0.25, -0.2) is 22.9 Å². The smallest absolute Gasteiger partial charge is 0.346 e. The van der Waals surface area contributed by atoms with Crippen molar-refractivity contribution >= 4 is 38.7 Å². The Kier molecular flexibility index (Phi) is 4.23. The van der Waals surface area contributed by atoms with Gasteiger partial charge in [0.2, 0.25) is 10.0 Å². The number of hydrogen-bond donors (Lipinski definition) is 2. The van der Waals surface area contributed by atoms with Crippen molar-refractivity contribution in [3.8, 4) is 0 Å². The summed E-state index contributed by atoms with van der Waals surface area (Å²) < 4.78 is 26.6. The first kappa shape index (κ1) is 15.1. The molecule has 0 aromatic carbocycles. The fraction of sp³-hybridized carbons (Fsp3) is 0.273. The first-order chi connectivity index (χ1) is 9.29. The highest BCUT2D eigenvalue weighted by Gasteiger charge is 2.21. The van der Waals surface area contributed by atoms with Crippen LogP contribution in [0.1, 0.15) is 25.1 Å². The Bertz CT molecular complexity index is 746. The highest BCUT2D eigenvalue weighted by atomic mass is 32.2. The Morgan fingerprint density at radius 1 is 1.40 bits per heavy atom. The minimum atomic E-state index is -3.70. The largest absolute Gasteiger partial charge is 0.477 e. The molecule has 0 saturated heterocycles. The van der Waals surface area contributed by atoms with Crippen LogP contribution >= 0.6 is 22.7 Å². The number of thiazole rings is 1. The molecule has 0 aliphatic rings. The van der Waals surface area contributed by atoms with Crippen LogP contribution in [0.4, 0.5) is 0 Å². The zero-order valence-electron chi connectivity index (χ0n) is 10.7. The minimum Gasteiger partial charge on any atom is -0.477 e. The van der Waals surface area contributed by atoms with Crippen LogP contribution in [-0.2, 0) is 16.6 Å². The molecule has 6 nitrogen and oxygen atoms in total. The monoisotopic (exact) mass is 332 g/mol. The van der Waals surface area contributed by atoms with E-state index in [0.29, 0.717) is 5.56 Å². The summed E-state index contributed by atoms with van der Waals surface area (Å²) in [6.45, 7) is 3.56. The maximum absolute atomic E-state index is 12.1. The van der Waals surface area contributed by atoms with Gasteiger partial charge in [0.15, 0.2) is 0 Å². The number of hydrogen-bond acceptors (Lipinski definition) is 6. The van der Waals surface area contributed by atoms with E-state index in [1.165, 1.54) is 17.4 Å². The zero-order valence-corrected chi connectivity index (χ0v) is 13.2. The number of carboxylic acid groups (broad SMARTS) is 1. The second-order valence-electron chi connectivity index (χ2n) is 4.05. The Morgan fingerprint density at radius 3 is 2.60 bits per heavy atom. The fourth-order valence-electron chi connectivity index (χ4n) is 1.52. The minimum absolute atomic E-state index is 0.00800. The summed E-state index contributed by atoms with van der Waals surface area (Å²) in [5, 5.41) is 9.80. The van der Waals surface area contributed by atoms with Crippen LogP contribution in [0.25, 0.3) is 0 Å². The van der Waals surface area contributed by atoms with Crippen LogP contribution in [-0.4, -0.2) is 24.5 Å². The molecule has 0 fully saturated rings. The quantitative estimate of drug-likeness (QED) is 0.873. The lowest BCUT2D eigenvalue weighted by atomic mass is 10.3. The Hall–Kier alpha value is -1.29. The van der Waals surface area contributed by atoms with Gasteiger partial charge in [-0.15, -0.1) is 22.7 Å². The van der Waals surface area contributed by atoms with Gasteiger partial charge < -0.3 is 5.11 Å². The summed E-state index contributed by atoms with van der Waals surface area (Å²) in [6, 6.07) is 1.37. The van der Waals surface area contributed by atoms with E-state index in [2.05, 4.69) is 9.71 Å². The van der Waals surface area contributed by atoms with Gasteiger partial charge in [0.25, 0.3) is 0 Å². The van der Waals surface area contributed by atoms with Gasteiger partial charge in [-0.3, -0.25) is 0 Å². The lowest BCUT2D eigenvalue weighted by Crippen LogP contribution is -2.21. The Balaban J connectivity index is 2.18. The Morgan fingerprint density at radius 2 is 2.10 bits per heavy atom. The van der Waals surface area contributed by atoms with E-state index in [1.807, 2.05) is 6.92 Å². The van der Waals surface area contributed by atoms with Crippen molar-refractivity contribution in [1.82, 2.24) is 9.71 Å². The second kappa shape index (κ2) is 5.60. The van der Waals surface area contributed by atoms with Crippen molar-refractivity contribution in [2.45, 2.75) is 24.6 Å². The van der Waals surface area contributed by atoms with Crippen molar-refractivity contribution in [2.24, 2.45) is 0 Å². The average Bonchev–Trinajstić information content (AvgIpc) is 2.93. The zero-order chi connectivity index (χ0) is 14.9. The molecule has 0 bridgehead atoms. The highest BCUT2D eigenvalue weighted by molar-refractivity contribution is 7.91. The molecule has 2 aromatic heterocycles. The van der Waals surface area contributed by atoms with Crippen molar-refractivity contribution in [3.63, 3.8) is 0 Å². The van der Waals surface area contributed by atoms with Gasteiger partial charge in [-0.1, -0.05) is 0 Å². The maximum Gasteiger partial charge on any atom is 0.346 e. The lowest BCUT2D eigenvalue weighted by Gasteiger charge is -2.02. The summed E-state index contributed by atoms with van der Waals surface area (Å²) in [5.74, 6) is -1.12. The predicted molar refractivity (Wildman–Crippen MR) is 76.9 cm³/mol.